The second-order valence-electron chi connectivity index (χ2n) is 4.80. The SMILES string of the molecule is CCOc1ccc(CNc2cc(CS(C)=O)ccc2Cl)nc1. The van der Waals surface area contributed by atoms with E-state index < -0.39 is 10.8 Å². The van der Waals surface area contributed by atoms with Crippen LogP contribution < -0.4 is 10.1 Å². The van der Waals surface area contributed by atoms with E-state index in [0.717, 1.165) is 22.7 Å². The van der Waals surface area contributed by atoms with Crippen LogP contribution in [-0.2, 0) is 23.1 Å². The highest BCUT2D eigenvalue weighted by Crippen LogP contribution is 2.24. The average molecular weight is 339 g/mol. The number of rotatable bonds is 7. The molecule has 118 valence electrons. The first-order valence-electron chi connectivity index (χ1n) is 6.98. The summed E-state index contributed by atoms with van der Waals surface area (Å²) < 4.78 is 16.7. The summed E-state index contributed by atoms with van der Waals surface area (Å²) in [5.41, 5.74) is 2.71. The Kier molecular flexibility index (Phi) is 6.21. The van der Waals surface area contributed by atoms with Crippen molar-refractivity contribution in [2.45, 2.75) is 19.2 Å². The number of benzene rings is 1. The molecular formula is C16H19ClN2O2S. The normalized spacial score (nSPS) is 12.0. The Morgan fingerprint density at radius 3 is 2.77 bits per heavy atom. The van der Waals surface area contributed by atoms with Crippen LogP contribution in [0.4, 0.5) is 5.69 Å². The number of hydrogen-bond donors (Lipinski definition) is 1. The van der Waals surface area contributed by atoms with E-state index in [1.807, 2.05) is 37.3 Å². The maximum atomic E-state index is 11.3. The molecule has 0 radical (unpaired) electrons. The lowest BCUT2D eigenvalue weighted by Gasteiger charge is -2.10. The van der Waals surface area contributed by atoms with E-state index >= 15 is 0 Å². The first kappa shape index (κ1) is 16.8. The molecule has 1 atom stereocenters. The molecular weight excluding hydrogens is 320 g/mol. The minimum Gasteiger partial charge on any atom is -0.492 e. The number of pyridine rings is 1. The third-order valence-corrected chi connectivity index (χ3v) is 4.04. The van der Waals surface area contributed by atoms with Crippen molar-refractivity contribution in [3.8, 4) is 5.75 Å². The van der Waals surface area contributed by atoms with E-state index in [0.29, 0.717) is 23.9 Å². The predicted molar refractivity (Wildman–Crippen MR) is 92.0 cm³/mol. The third kappa shape index (κ3) is 5.00. The molecule has 1 aromatic carbocycles. The Morgan fingerprint density at radius 1 is 1.32 bits per heavy atom. The number of halogens is 1. The summed E-state index contributed by atoms with van der Waals surface area (Å²) in [5, 5.41) is 3.90. The summed E-state index contributed by atoms with van der Waals surface area (Å²) in [6, 6.07) is 9.45. The monoisotopic (exact) mass is 338 g/mol. The van der Waals surface area contributed by atoms with E-state index in [1.54, 1.807) is 12.5 Å². The van der Waals surface area contributed by atoms with Crippen LogP contribution in [0.1, 0.15) is 18.2 Å². The minimum absolute atomic E-state index is 0.521. The van der Waals surface area contributed by atoms with Gasteiger partial charge >= 0.3 is 0 Å². The molecule has 0 bridgehead atoms. The molecule has 0 amide bonds. The zero-order valence-corrected chi connectivity index (χ0v) is 14.2. The summed E-state index contributed by atoms with van der Waals surface area (Å²) in [7, 11) is -0.873. The smallest absolute Gasteiger partial charge is 0.137 e. The molecule has 4 nitrogen and oxygen atoms in total. The summed E-state index contributed by atoms with van der Waals surface area (Å²) in [5.74, 6) is 1.28. The largest absolute Gasteiger partial charge is 0.492 e. The van der Waals surface area contributed by atoms with Gasteiger partial charge in [0.15, 0.2) is 0 Å². The number of aromatic nitrogens is 1. The highest BCUT2D eigenvalue weighted by atomic mass is 35.5. The van der Waals surface area contributed by atoms with Crippen LogP contribution in [0.2, 0.25) is 5.02 Å². The molecule has 22 heavy (non-hydrogen) atoms. The van der Waals surface area contributed by atoms with E-state index in [9.17, 15) is 4.21 Å². The fraction of sp³-hybridized carbons (Fsp3) is 0.312. The number of ether oxygens (including phenoxy) is 1. The lowest BCUT2D eigenvalue weighted by molar-refractivity contribution is 0.338. The topological polar surface area (TPSA) is 51.2 Å². The van der Waals surface area contributed by atoms with Crippen LogP contribution in [0.15, 0.2) is 36.5 Å². The molecule has 0 aliphatic heterocycles. The number of nitrogens with zero attached hydrogens (tertiary/aromatic N) is 1. The summed E-state index contributed by atoms with van der Waals surface area (Å²) >= 11 is 6.19. The van der Waals surface area contributed by atoms with Gasteiger partial charge in [-0.05, 0) is 36.8 Å². The van der Waals surface area contributed by atoms with Crippen LogP contribution in [0.3, 0.4) is 0 Å². The van der Waals surface area contributed by atoms with E-state index in [1.165, 1.54) is 0 Å². The van der Waals surface area contributed by atoms with Crippen molar-refractivity contribution in [3.63, 3.8) is 0 Å². The molecule has 0 aliphatic rings. The molecule has 0 saturated heterocycles. The van der Waals surface area contributed by atoms with E-state index in [4.69, 9.17) is 16.3 Å². The van der Waals surface area contributed by atoms with Crippen LogP contribution in [0.25, 0.3) is 0 Å². The van der Waals surface area contributed by atoms with Gasteiger partial charge in [0.25, 0.3) is 0 Å². The van der Waals surface area contributed by atoms with Crippen molar-refractivity contribution in [2.75, 3.05) is 18.2 Å². The lowest BCUT2D eigenvalue weighted by Crippen LogP contribution is -2.03. The number of hydrogen-bond acceptors (Lipinski definition) is 4. The Bertz CT molecular complexity index is 647. The first-order chi connectivity index (χ1) is 10.6. The van der Waals surface area contributed by atoms with Crippen molar-refractivity contribution in [1.82, 2.24) is 4.98 Å². The van der Waals surface area contributed by atoms with Gasteiger partial charge in [-0.3, -0.25) is 9.19 Å². The zero-order chi connectivity index (χ0) is 15.9. The molecule has 0 aliphatic carbocycles. The Balaban J connectivity index is 2.02. The van der Waals surface area contributed by atoms with Crippen LogP contribution in [-0.4, -0.2) is 22.1 Å². The molecule has 1 aromatic heterocycles. The van der Waals surface area contributed by atoms with Crippen LogP contribution in [0.5, 0.6) is 5.75 Å². The summed E-state index contributed by atoms with van der Waals surface area (Å²) in [4.78, 5) is 4.33. The molecule has 1 N–H and O–H groups in total. The van der Waals surface area contributed by atoms with E-state index in [-0.39, 0.29) is 0 Å². The molecule has 6 heteroatoms. The highest BCUT2D eigenvalue weighted by Gasteiger charge is 2.04. The van der Waals surface area contributed by atoms with Gasteiger partial charge in [0.05, 0.1) is 35.8 Å². The second-order valence-corrected chi connectivity index (χ2v) is 6.65. The zero-order valence-electron chi connectivity index (χ0n) is 12.6. The predicted octanol–water partition coefficient (Wildman–Crippen LogP) is 3.62. The lowest BCUT2D eigenvalue weighted by atomic mass is 10.2. The molecule has 1 unspecified atom stereocenters. The van der Waals surface area contributed by atoms with Crippen molar-refractivity contribution in [1.29, 1.82) is 0 Å². The molecule has 2 aromatic rings. The molecule has 0 fully saturated rings. The molecule has 0 saturated carbocycles. The van der Waals surface area contributed by atoms with Gasteiger partial charge in [-0.1, -0.05) is 17.7 Å². The Labute approximate surface area is 138 Å². The van der Waals surface area contributed by atoms with Gasteiger partial charge in [-0.15, -0.1) is 0 Å². The highest BCUT2D eigenvalue weighted by molar-refractivity contribution is 7.83. The minimum atomic E-state index is -0.873. The number of anilines is 1. The molecule has 1 heterocycles. The van der Waals surface area contributed by atoms with Gasteiger partial charge in [-0.2, -0.15) is 0 Å². The van der Waals surface area contributed by atoms with Crippen molar-refractivity contribution in [3.05, 3.63) is 52.8 Å². The standard InChI is InChI=1S/C16H19ClN2O2S/c1-3-21-14-6-5-13(18-10-14)9-19-16-8-12(11-22(2)20)4-7-15(16)17/h4-8,10,19H,3,9,11H2,1-2H3. The summed E-state index contributed by atoms with van der Waals surface area (Å²) in [6.45, 7) is 3.12. The number of nitrogens with one attached hydrogen (secondary N) is 1. The maximum Gasteiger partial charge on any atom is 0.137 e. The van der Waals surface area contributed by atoms with Crippen LogP contribution >= 0.6 is 11.6 Å². The van der Waals surface area contributed by atoms with Crippen molar-refractivity contribution >= 4 is 28.1 Å². The fourth-order valence-electron chi connectivity index (χ4n) is 1.99. The van der Waals surface area contributed by atoms with E-state index in [2.05, 4.69) is 10.3 Å². The van der Waals surface area contributed by atoms with Crippen molar-refractivity contribution < 1.29 is 8.95 Å². The van der Waals surface area contributed by atoms with Gasteiger partial charge in [0.1, 0.15) is 5.75 Å². The van der Waals surface area contributed by atoms with Crippen molar-refractivity contribution in [2.24, 2.45) is 0 Å². The maximum absolute atomic E-state index is 11.3. The first-order valence-corrected chi connectivity index (χ1v) is 9.09. The Morgan fingerprint density at radius 2 is 2.14 bits per heavy atom. The second kappa shape index (κ2) is 8.15. The summed E-state index contributed by atoms with van der Waals surface area (Å²) in [6.07, 6.45) is 3.39. The third-order valence-electron chi connectivity index (χ3n) is 2.97. The van der Waals surface area contributed by atoms with Gasteiger partial charge < -0.3 is 10.1 Å². The quantitative estimate of drug-likeness (QED) is 0.837. The van der Waals surface area contributed by atoms with Crippen LogP contribution in [0, 0.1) is 0 Å². The van der Waals surface area contributed by atoms with Gasteiger partial charge in [0.2, 0.25) is 0 Å². The van der Waals surface area contributed by atoms with Gasteiger partial charge in [0, 0.05) is 22.8 Å². The fourth-order valence-corrected chi connectivity index (χ4v) is 2.82. The molecule has 0 spiro atoms. The Hall–Kier alpha value is -1.59. The molecule has 2 rings (SSSR count). The van der Waals surface area contributed by atoms with Gasteiger partial charge in [-0.25, -0.2) is 0 Å². The average Bonchev–Trinajstić information content (AvgIpc) is 2.49.